The van der Waals surface area contributed by atoms with Crippen molar-refractivity contribution in [2.24, 2.45) is 10.7 Å². The Balaban J connectivity index is 2.18. The zero-order valence-corrected chi connectivity index (χ0v) is 12.9. The summed E-state index contributed by atoms with van der Waals surface area (Å²) >= 11 is 0. The van der Waals surface area contributed by atoms with E-state index in [0.29, 0.717) is 29.2 Å². The Hall–Kier alpha value is -2.53. The third kappa shape index (κ3) is 2.87. The number of nitrogens with two attached hydrogens (primary N) is 1. The van der Waals surface area contributed by atoms with E-state index in [1.165, 1.54) is 11.0 Å². The molecular weight excluding hydrogens is 293 g/mol. The second kappa shape index (κ2) is 6.30. The lowest BCUT2D eigenvalue weighted by Gasteiger charge is -2.26. The summed E-state index contributed by atoms with van der Waals surface area (Å²) in [5, 5.41) is 0. The first-order valence-corrected chi connectivity index (χ1v) is 7.61. The fourth-order valence-electron chi connectivity index (χ4n) is 2.64. The number of rotatable bonds is 3. The lowest BCUT2D eigenvalue weighted by atomic mass is 10.1. The third-order valence-electron chi connectivity index (χ3n) is 3.92. The van der Waals surface area contributed by atoms with Crippen molar-refractivity contribution < 1.29 is 9.18 Å². The van der Waals surface area contributed by atoms with Crippen LogP contribution in [0.4, 0.5) is 15.8 Å². The first kappa shape index (κ1) is 15.4. The molecule has 5 heteroatoms. The van der Waals surface area contributed by atoms with Gasteiger partial charge in [0.1, 0.15) is 11.7 Å². The molecule has 1 heterocycles. The molecule has 118 valence electrons. The number of halogens is 1. The normalized spacial score (nSPS) is 15.7. The van der Waals surface area contributed by atoms with E-state index in [0.717, 1.165) is 0 Å². The van der Waals surface area contributed by atoms with Crippen molar-refractivity contribution in [2.45, 2.75) is 25.8 Å². The predicted octanol–water partition coefficient (Wildman–Crippen LogP) is 3.18. The van der Waals surface area contributed by atoms with Crippen LogP contribution in [0.5, 0.6) is 0 Å². The Kier molecular flexibility index (Phi) is 4.21. The third-order valence-corrected chi connectivity index (χ3v) is 3.92. The number of aliphatic imine (C=N–C) groups is 1. The highest BCUT2D eigenvalue weighted by atomic mass is 19.1. The first-order valence-electron chi connectivity index (χ1n) is 7.61. The predicted molar refractivity (Wildman–Crippen MR) is 89.4 cm³/mol. The molecule has 2 aromatic carbocycles. The molecule has 1 atom stereocenters. The highest BCUT2D eigenvalue weighted by molar-refractivity contribution is 6.20. The van der Waals surface area contributed by atoms with Crippen LogP contribution in [0.3, 0.4) is 0 Å². The van der Waals surface area contributed by atoms with Crippen LogP contribution in [-0.2, 0) is 11.2 Å². The van der Waals surface area contributed by atoms with Gasteiger partial charge in [0.15, 0.2) is 0 Å². The van der Waals surface area contributed by atoms with Gasteiger partial charge in [0.2, 0.25) is 5.91 Å². The summed E-state index contributed by atoms with van der Waals surface area (Å²) in [6, 6.07) is 13.4. The van der Waals surface area contributed by atoms with Crippen LogP contribution >= 0.6 is 0 Å². The van der Waals surface area contributed by atoms with E-state index in [1.807, 2.05) is 37.3 Å². The zero-order chi connectivity index (χ0) is 16.4. The minimum atomic E-state index is -0.418. The Morgan fingerprint density at radius 3 is 2.65 bits per heavy atom. The van der Waals surface area contributed by atoms with E-state index in [4.69, 9.17) is 5.73 Å². The van der Waals surface area contributed by atoms with Crippen molar-refractivity contribution in [1.82, 2.24) is 0 Å². The molecule has 0 saturated heterocycles. The van der Waals surface area contributed by atoms with E-state index >= 15 is 0 Å². The van der Waals surface area contributed by atoms with Crippen LogP contribution in [-0.4, -0.2) is 17.8 Å². The van der Waals surface area contributed by atoms with Gasteiger partial charge in [-0.1, -0.05) is 31.2 Å². The standard InChI is InChI=1S/C18H18FN3O/c1-2-15(20)18-21-16-10-6-9-14(19)13(16)11-17(23)22(18)12-7-4-3-5-8-12/h3-10,15H,2,11,20H2,1H3. The highest BCUT2D eigenvalue weighted by Gasteiger charge is 2.30. The fourth-order valence-corrected chi connectivity index (χ4v) is 2.64. The monoisotopic (exact) mass is 311 g/mol. The highest BCUT2D eigenvalue weighted by Crippen LogP contribution is 2.29. The van der Waals surface area contributed by atoms with Gasteiger partial charge < -0.3 is 5.73 Å². The molecule has 2 N–H and O–H groups in total. The molecule has 1 aliphatic heterocycles. The number of amidine groups is 1. The van der Waals surface area contributed by atoms with Gasteiger partial charge in [0.05, 0.1) is 23.8 Å². The van der Waals surface area contributed by atoms with Crippen molar-refractivity contribution in [2.75, 3.05) is 4.90 Å². The molecule has 1 aliphatic rings. The Morgan fingerprint density at radius 2 is 1.96 bits per heavy atom. The number of anilines is 1. The largest absolute Gasteiger partial charge is 0.321 e. The number of nitrogens with zero attached hydrogens (tertiary/aromatic N) is 2. The van der Waals surface area contributed by atoms with Gasteiger partial charge in [0, 0.05) is 5.56 Å². The van der Waals surface area contributed by atoms with Gasteiger partial charge in [0.25, 0.3) is 0 Å². The van der Waals surface area contributed by atoms with Gasteiger partial charge in [-0.2, -0.15) is 0 Å². The SMILES string of the molecule is CCC(N)C1=Nc2cccc(F)c2CC(=O)N1c1ccccc1. The molecule has 2 aromatic rings. The number of benzene rings is 2. The maximum atomic E-state index is 14.1. The van der Waals surface area contributed by atoms with E-state index < -0.39 is 11.9 Å². The second-order valence-corrected chi connectivity index (χ2v) is 5.46. The van der Waals surface area contributed by atoms with Crippen LogP contribution in [0.15, 0.2) is 53.5 Å². The molecule has 0 aliphatic carbocycles. The Morgan fingerprint density at radius 1 is 1.22 bits per heavy atom. The molecule has 0 fully saturated rings. The van der Waals surface area contributed by atoms with E-state index in [-0.39, 0.29) is 12.3 Å². The number of hydrogen-bond donors (Lipinski definition) is 1. The molecule has 4 nitrogen and oxygen atoms in total. The summed E-state index contributed by atoms with van der Waals surface area (Å²) in [5.41, 5.74) is 7.66. The Bertz CT molecular complexity index is 758. The quantitative estimate of drug-likeness (QED) is 0.946. The van der Waals surface area contributed by atoms with Crippen molar-refractivity contribution in [3.05, 3.63) is 59.9 Å². The minimum absolute atomic E-state index is 0.0413. The molecule has 0 saturated carbocycles. The number of para-hydroxylation sites is 1. The lowest BCUT2D eigenvalue weighted by molar-refractivity contribution is -0.117. The van der Waals surface area contributed by atoms with Crippen LogP contribution in [0, 0.1) is 5.82 Å². The first-order chi connectivity index (χ1) is 11.1. The molecule has 23 heavy (non-hydrogen) atoms. The Labute approximate surface area is 134 Å². The molecular formula is C18H18FN3O. The number of carbonyl (C=O) groups excluding carboxylic acids is 1. The van der Waals surface area contributed by atoms with Crippen molar-refractivity contribution >= 4 is 23.1 Å². The summed E-state index contributed by atoms with van der Waals surface area (Å²) in [6.07, 6.45) is 0.584. The second-order valence-electron chi connectivity index (χ2n) is 5.46. The number of amides is 1. The maximum Gasteiger partial charge on any atom is 0.237 e. The maximum absolute atomic E-state index is 14.1. The fraction of sp³-hybridized carbons (Fsp3) is 0.222. The summed E-state index contributed by atoms with van der Waals surface area (Å²) in [7, 11) is 0. The van der Waals surface area contributed by atoms with Crippen molar-refractivity contribution in [3.8, 4) is 0 Å². The topological polar surface area (TPSA) is 58.7 Å². The number of hydrogen-bond acceptors (Lipinski definition) is 3. The molecule has 0 radical (unpaired) electrons. The number of carbonyl (C=O) groups is 1. The zero-order valence-electron chi connectivity index (χ0n) is 12.9. The van der Waals surface area contributed by atoms with E-state index in [2.05, 4.69) is 4.99 Å². The average molecular weight is 311 g/mol. The molecule has 0 aromatic heterocycles. The molecule has 0 bridgehead atoms. The van der Waals surface area contributed by atoms with Crippen molar-refractivity contribution in [1.29, 1.82) is 0 Å². The van der Waals surface area contributed by atoms with Gasteiger partial charge in [-0.05, 0) is 30.7 Å². The van der Waals surface area contributed by atoms with E-state index in [1.54, 1.807) is 12.1 Å². The molecule has 1 amide bonds. The van der Waals surface area contributed by atoms with Crippen LogP contribution in [0.25, 0.3) is 0 Å². The van der Waals surface area contributed by atoms with Crippen molar-refractivity contribution in [3.63, 3.8) is 0 Å². The van der Waals surface area contributed by atoms with Gasteiger partial charge in [-0.25, -0.2) is 9.38 Å². The smallest absolute Gasteiger partial charge is 0.237 e. The van der Waals surface area contributed by atoms with Crippen LogP contribution in [0.1, 0.15) is 18.9 Å². The summed E-state index contributed by atoms with van der Waals surface area (Å²) < 4.78 is 14.1. The number of fused-ring (bicyclic) bond motifs is 1. The summed E-state index contributed by atoms with van der Waals surface area (Å²) in [4.78, 5) is 18.8. The van der Waals surface area contributed by atoms with Crippen LogP contribution < -0.4 is 10.6 Å². The van der Waals surface area contributed by atoms with Gasteiger partial charge in [-0.3, -0.25) is 9.69 Å². The molecule has 1 unspecified atom stereocenters. The lowest BCUT2D eigenvalue weighted by Crippen LogP contribution is -2.46. The van der Waals surface area contributed by atoms with Crippen LogP contribution in [0.2, 0.25) is 0 Å². The molecule has 0 spiro atoms. The minimum Gasteiger partial charge on any atom is -0.321 e. The van der Waals surface area contributed by atoms with Gasteiger partial charge in [-0.15, -0.1) is 0 Å². The van der Waals surface area contributed by atoms with E-state index in [9.17, 15) is 9.18 Å². The molecule has 3 rings (SSSR count). The summed E-state index contributed by atoms with van der Waals surface area (Å²) in [6.45, 7) is 1.93. The summed E-state index contributed by atoms with van der Waals surface area (Å²) in [5.74, 6) is -0.199. The average Bonchev–Trinajstić information content (AvgIpc) is 2.72. The van der Waals surface area contributed by atoms with Gasteiger partial charge >= 0.3 is 0 Å².